The Hall–Kier alpha value is -2.63. The van der Waals surface area contributed by atoms with Crippen molar-refractivity contribution in [2.45, 2.75) is 39.3 Å². The van der Waals surface area contributed by atoms with Crippen LogP contribution in [0, 0.1) is 13.8 Å². The summed E-state index contributed by atoms with van der Waals surface area (Å²) in [5.41, 5.74) is 4.51. The number of aromatic nitrogens is 1. The van der Waals surface area contributed by atoms with Gasteiger partial charge in [-0.15, -0.1) is 0 Å². The number of ether oxygens (including phenoxy) is 1. The van der Waals surface area contributed by atoms with Crippen molar-refractivity contribution in [2.75, 3.05) is 13.2 Å². The predicted octanol–water partition coefficient (Wildman–Crippen LogP) is 5.43. The van der Waals surface area contributed by atoms with Gasteiger partial charge in [0.25, 0.3) is 5.91 Å². The third kappa shape index (κ3) is 4.58. The lowest BCUT2D eigenvalue weighted by molar-refractivity contribution is 0.0502. The Balaban J connectivity index is 1.58. The number of carbonyl (C=O) groups excluding carboxylic acids is 1. The van der Waals surface area contributed by atoms with Crippen molar-refractivity contribution in [3.8, 4) is 11.3 Å². The summed E-state index contributed by atoms with van der Waals surface area (Å²) in [4.78, 5) is 15.0. The number of rotatable bonds is 6. The standard InChI is InChI=1S/C24H25ClN2O3/c1-16-9-10-20(17(2)12-16)23-13-18(26-30-23)14-27(15-19-6-5-11-29-19)24(28)21-7-3-4-8-22(21)25/h3-4,7-10,12-13,19H,5-6,11,14-15H2,1-2H3/t19-/m0/s1. The molecule has 0 radical (unpaired) electrons. The summed E-state index contributed by atoms with van der Waals surface area (Å²) in [5, 5.41) is 4.67. The van der Waals surface area contributed by atoms with Gasteiger partial charge in [0.2, 0.25) is 0 Å². The highest BCUT2D eigenvalue weighted by Crippen LogP contribution is 2.26. The topological polar surface area (TPSA) is 55.6 Å². The number of aryl methyl sites for hydroxylation is 2. The molecule has 1 amide bonds. The van der Waals surface area contributed by atoms with Crippen molar-refractivity contribution in [1.82, 2.24) is 10.1 Å². The molecule has 2 aromatic carbocycles. The molecule has 0 saturated carbocycles. The van der Waals surface area contributed by atoms with Gasteiger partial charge in [-0.25, -0.2) is 0 Å². The first-order valence-corrected chi connectivity index (χ1v) is 10.6. The molecule has 0 bridgehead atoms. The first-order chi connectivity index (χ1) is 14.5. The van der Waals surface area contributed by atoms with Crippen molar-refractivity contribution >= 4 is 17.5 Å². The molecule has 0 N–H and O–H groups in total. The number of amides is 1. The van der Waals surface area contributed by atoms with Gasteiger partial charge in [-0.1, -0.05) is 52.7 Å². The van der Waals surface area contributed by atoms with Gasteiger partial charge >= 0.3 is 0 Å². The number of halogens is 1. The van der Waals surface area contributed by atoms with Gasteiger partial charge < -0.3 is 14.2 Å². The van der Waals surface area contributed by atoms with E-state index in [2.05, 4.69) is 31.1 Å². The fourth-order valence-corrected chi connectivity index (χ4v) is 4.07. The van der Waals surface area contributed by atoms with Crippen LogP contribution in [-0.4, -0.2) is 35.2 Å². The van der Waals surface area contributed by atoms with Crippen LogP contribution in [0.15, 0.2) is 53.1 Å². The van der Waals surface area contributed by atoms with Crippen molar-refractivity contribution in [1.29, 1.82) is 0 Å². The molecule has 6 heteroatoms. The molecule has 1 saturated heterocycles. The SMILES string of the molecule is Cc1ccc(-c2cc(CN(C[C@@H]3CCCO3)C(=O)c3ccccc3Cl)no2)c(C)c1. The van der Waals surface area contributed by atoms with E-state index in [0.29, 0.717) is 35.1 Å². The van der Waals surface area contributed by atoms with Crippen molar-refractivity contribution in [2.24, 2.45) is 0 Å². The normalized spacial score (nSPS) is 16.0. The summed E-state index contributed by atoms with van der Waals surface area (Å²) in [6.45, 7) is 5.68. The minimum Gasteiger partial charge on any atom is -0.376 e. The lowest BCUT2D eigenvalue weighted by Gasteiger charge is -2.25. The minimum atomic E-state index is -0.132. The van der Waals surface area contributed by atoms with Crippen LogP contribution in [0.25, 0.3) is 11.3 Å². The fourth-order valence-electron chi connectivity index (χ4n) is 3.86. The summed E-state index contributed by atoms with van der Waals surface area (Å²) in [6.07, 6.45) is 1.99. The molecule has 1 fully saturated rings. The Morgan fingerprint density at radius 2 is 2.03 bits per heavy atom. The third-order valence-corrected chi connectivity index (χ3v) is 5.73. The summed E-state index contributed by atoms with van der Waals surface area (Å²) in [6, 6.07) is 15.2. The van der Waals surface area contributed by atoms with Gasteiger partial charge in [0.1, 0.15) is 5.69 Å². The van der Waals surface area contributed by atoms with E-state index in [0.717, 1.165) is 30.6 Å². The van der Waals surface area contributed by atoms with Gasteiger partial charge in [-0.3, -0.25) is 4.79 Å². The largest absolute Gasteiger partial charge is 0.376 e. The maximum absolute atomic E-state index is 13.3. The lowest BCUT2D eigenvalue weighted by atomic mass is 10.0. The first kappa shape index (κ1) is 20.6. The van der Waals surface area contributed by atoms with E-state index >= 15 is 0 Å². The number of carbonyl (C=O) groups is 1. The van der Waals surface area contributed by atoms with E-state index < -0.39 is 0 Å². The molecular formula is C24H25ClN2O3. The second kappa shape index (κ2) is 9.02. The molecule has 4 rings (SSSR count). The number of hydrogen-bond donors (Lipinski definition) is 0. The van der Waals surface area contributed by atoms with E-state index in [1.54, 1.807) is 17.0 Å². The molecule has 1 aliphatic rings. The minimum absolute atomic E-state index is 0.0298. The van der Waals surface area contributed by atoms with Gasteiger partial charge in [0.05, 0.1) is 23.2 Å². The Labute approximate surface area is 181 Å². The maximum atomic E-state index is 13.3. The van der Waals surface area contributed by atoms with Crippen LogP contribution >= 0.6 is 11.6 Å². The van der Waals surface area contributed by atoms with Crippen LogP contribution < -0.4 is 0 Å². The summed E-state index contributed by atoms with van der Waals surface area (Å²) in [5.74, 6) is 0.567. The Morgan fingerprint density at radius 3 is 2.77 bits per heavy atom. The van der Waals surface area contributed by atoms with Crippen molar-refractivity contribution < 1.29 is 14.1 Å². The molecule has 30 heavy (non-hydrogen) atoms. The summed E-state index contributed by atoms with van der Waals surface area (Å²) >= 11 is 6.28. The summed E-state index contributed by atoms with van der Waals surface area (Å²) in [7, 11) is 0. The van der Waals surface area contributed by atoms with Gasteiger partial charge in [0, 0.05) is 24.8 Å². The van der Waals surface area contributed by atoms with E-state index in [1.807, 2.05) is 24.3 Å². The third-order valence-electron chi connectivity index (χ3n) is 5.40. The highest BCUT2D eigenvalue weighted by molar-refractivity contribution is 6.33. The van der Waals surface area contributed by atoms with Crippen LogP contribution in [0.5, 0.6) is 0 Å². The van der Waals surface area contributed by atoms with Crippen LogP contribution in [0.3, 0.4) is 0 Å². The molecule has 1 aromatic heterocycles. The van der Waals surface area contributed by atoms with E-state index in [1.165, 1.54) is 5.56 Å². The molecule has 5 nitrogen and oxygen atoms in total. The number of hydrogen-bond acceptors (Lipinski definition) is 4. The quantitative estimate of drug-likeness (QED) is 0.529. The molecule has 0 aliphatic carbocycles. The number of benzene rings is 2. The van der Waals surface area contributed by atoms with Gasteiger partial charge in [-0.05, 0) is 44.4 Å². The van der Waals surface area contributed by atoms with Gasteiger partial charge in [-0.2, -0.15) is 0 Å². The average Bonchev–Trinajstić information content (AvgIpc) is 3.40. The Bertz CT molecular complexity index is 1040. The van der Waals surface area contributed by atoms with Gasteiger partial charge in [0.15, 0.2) is 5.76 Å². The molecule has 1 aliphatic heterocycles. The smallest absolute Gasteiger partial charge is 0.255 e. The molecule has 1 atom stereocenters. The van der Waals surface area contributed by atoms with Crippen molar-refractivity contribution in [3.63, 3.8) is 0 Å². The monoisotopic (exact) mass is 424 g/mol. The summed E-state index contributed by atoms with van der Waals surface area (Å²) < 4.78 is 11.4. The highest BCUT2D eigenvalue weighted by Gasteiger charge is 2.26. The zero-order valence-electron chi connectivity index (χ0n) is 17.2. The highest BCUT2D eigenvalue weighted by atomic mass is 35.5. The zero-order valence-corrected chi connectivity index (χ0v) is 18.0. The van der Waals surface area contributed by atoms with Crippen molar-refractivity contribution in [3.05, 3.63) is 75.9 Å². The molecule has 0 unspecified atom stereocenters. The zero-order chi connectivity index (χ0) is 21.1. The van der Waals surface area contributed by atoms with E-state index in [9.17, 15) is 4.79 Å². The number of nitrogens with zero attached hydrogens (tertiary/aromatic N) is 2. The lowest BCUT2D eigenvalue weighted by Crippen LogP contribution is -2.37. The molecule has 3 aromatic rings. The Kier molecular flexibility index (Phi) is 6.21. The molecule has 156 valence electrons. The van der Waals surface area contributed by atoms with Crippen LogP contribution in [0.2, 0.25) is 5.02 Å². The first-order valence-electron chi connectivity index (χ1n) is 10.2. The van der Waals surface area contributed by atoms with Crippen LogP contribution in [-0.2, 0) is 11.3 Å². The maximum Gasteiger partial charge on any atom is 0.255 e. The van der Waals surface area contributed by atoms with E-state index in [-0.39, 0.29) is 12.0 Å². The fraction of sp³-hybridized carbons (Fsp3) is 0.333. The second-order valence-corrected chi connectivity index (χ2v) is 8.21. The average molecular weight is 425 g/mol. The van der Waals surface area contributed by atoms with Crippen LogP contribution in [0.1, 0.15) is 40.0 Å². The predicted molar refractivity (Wildman–Crippen MR) is 117 cm³/mol. The molecule has 0 spiro atoms. The molecular weight excluding hydrogens is 400 g/mol. The molecule has 2 heterocycles. The second-order valence-electron chi connectivity index (χ2n) is 7.80. The Morgan fingerprint density at radius 1 is 1.20 bits per heavy atom. The van der Waals surface area contributed by atoms with E-state index in [4.69, 9.17) is 20.9 Å². The van der Waals surface area contributed by atoms with Crippen LogP contribution in [0.4, 0.5) is 0 Å².